The average molecular weight is 336 g/mol. The number of hydrogen-bond donors (Lipinski definition) is 3. The van der Waals surface area contributed by atoms with Crippen molar-refractivity contribution in [2.45, 2.75) is 50.7 Å². The van der Waals surface area contributed by atoms with Crippen LogP contribution in [0.2, 0.25) is 0 Å². The number of methoxy groups -OCH3 is 1. The van der Waals surface area contributed by atoms with Gasteiger partial charge in [-0.15, -0.1) is 0 Å². The number of carbonyl (C=O) groups is 1. The number of ether oxygens (including phenoxy) is 2. The molecular formula is C18H28N2O4. The second kappa shape index (κ2) is 10.0. The highest BCUT2D eigenvalue weighted by atomic mass is 16.5. The molecule has 0 spiro atoms. The van der Waals surface area contributed by atoms with E-state index in [1.165, 1.54) is 25.7 Å². The van der Waals surface area contributed by atoms with Crippen LogP contribution in [0.3, 0.4) is 0 Å². The van der Waals surface area contributed by atoms with Crippen molar-refractivity contribution in [2.24, 2.45) is 0 Å². The Balaban J connectivity index is 1.62. The smallest absolute Gasteiger partial charge is 0.315 e. The van der Waals surface area contributed by atoms with Crippen LogP contribution in [0.25, 0.3) is 0 Å². The second-order valence-electron chi connectivity index (χ2n) is 6.18. The molecule has 1 unspecified atom stereocenters. The molecule has 1 saturated carbocycles. The molecule has 1 fully saturated rings. The van der Waals surface area contributed by atoms with Crippen molar-refractivity contribution in [3.63, 3.8) is 0 Å². The van der Waals surface area contributed by atoms with Crippen LogP contribution in [-0.2, 0) is 0 Å². The van der Waals surface area contributed by atoms with Crippen molar-refractivity contribution in [1.82, 2.24) is 10.6 Å². The van der Waals surface area contributed by atoms with Gasteiger partial charge in [-0.1, -0.05) is 25.7 Å². The van der Waals surface area contributed by atoms with Gasteiger partial charge in [-0.25, -0.2) is 4.79 Å². The molecule has 1 aromatic carbocycles. The molecule has 1 aliphatic carbocycles. The van der Waals surface area contributed by atoms with Gasteiger partial charge < -0.3 is 25.2 Å². The van der Waals surface area contributed by atoms with E-state index in [9.17, 15) is 9.90 Å². The molecule has 3 N–H and O–H groups in total. The Labute approximate surface area is 143 Å². The van der Waals surface area contributed by atoms with Crippen LogP contribution < -0.4 is 20.1 Å². The summed E-state index contributed by atoms with van der Waals surface area (Å²) in [5.41, 5.74) is 0. The van der Waals surface area contributed by atoms with Crippen LogP contribution in [0.5, 0.6) is 11.5 Å². The van der Waals surface area contributed by atoms with E-state index in [-0.39, 0.29) is 25.2 Å². The summed E-state index contributed by atoms with van der Waals surface area (Å²) in [7, 11) is 1.60. The zero-order valence-corrected chi connectivity index (χ0v) is 14.3. The van der Waals surface area contributed by atoms with E-state index in [4.69, 9.17) is 9.47 Å². The molecule has 6 nitrogen and oxygen atoms in total. The Morgan fingerprint density at radius 3 is 2.42 bits per heavy atom. The van der Waals surface area contributed by atoms with Gasteiger partial charge in [-0.2, -0.15) is 0 Å². The standard InChI is InChI=1S/C18H28N2O4/c1-23-16-8-10-17(11-9-16)24-13-15(21)12-19-18(22)20-14-6-4-2-3-5-7-14/h8-11,14-15,21H,2-7,12-13H2,1H3,(H2,19,20,22). The minimum absolute atomic E-state index is 0.121. The molecule has 134 valence electrons. The third-order valence-electron chi connectivity index (χ3n) is 4.19. The predicted molar refractivity (Wildman–Crippen MR) is 92.5 cm³/mol. The van der Waals surface area contributed by atoms with Gasteiger partial charge in [-0.3, -0.25) is 0 Å². The Kier molecular flexibility index (Phi) is 7.68. The van der Waals surface area contributed by atoms with Crippen molar-refractivity contribution in [3.8, 4) is 11.5 Å². The predicted octanol–water partition coefficient (Wildman–Crippen LogP) is 2.46. The fourth-order valence-electron chi connectivity index (χ4n) is 2.79. The van der Waals surface area contributed by atoms with Crippen LogP contribution in [0, 0.1) is 0 Å². The zero-order valence-electron chi connectivity index (χ0n) is 14.3. The topological polar surface area (TPSA) is 79.8 Å². The Bertz CT molecular complexity index is 484. The molecule has 0 aliphatic heterocycles. The maximum absolute atomic E-state index is 11.9. The van der Waals surface area contributed by atoms with Crippen LogP contribution >= 0.6 is 0 Å². The number of aliphatic hydroxyl groups excluding tert-OH is 1. The molecule has 1 aliphatic rings. The maximum atomic E-state index is 11.9. The van der Waals surface area contributed by atoms with Gasteiger partial charge in [0.05, 0.1) is 7.11 Å². The van der Waals surface area contributed by atoms with Gasteiger partial charge in [-0.05, 0) is 37.1 Å². The number of hydrogen-bond acceptors (Lipinski definition) is 4. The lowest BCUT2D eigenvalue weighted by Crippen LogP contribution is -2.45. The van der Waals surface area contributed by atoms with Crippen molar-refractivity contribution >= 4 is 6.03 Å². The van der Waals surface area contributed by atoms with Gasteiger partial charge >= 0.3 is 6.03 Å². The van der Waals surface area contributed by atoms with Crippen molar-refractivity contribution < 1.29 is 19.4 Å². The quantitative estimate of drug-likeness (QED) is 0.668. The van der Waals surface area contributed by atoms with E-state index in [0.717, 1.165) is 18.6 Å². The third-order valence-corrected chi connectivity index (χ3v) is 4.19. The summed E-state index contributed by atoms with van der Waals surface area (Å²) in [6.07, 6.45) is 6.16. The van der Waals surface area contributed by atoms with E-state index in [1.807, 2.05) is 0 Å². The highest BCUT2D eigenvalue weighted by Gasteiger charge is 2.15. The lowest BCUT2D eigenvalue weighted by Gasteiger charge is -2.18. The first-order chi connectivity index (χ1) is 11.7. The fourth-order valence-corrected chi connectivity index (χ4v) is 2.79. The van der Waals surface area contributed by atoms with Gasteiger partial charge in [0.2, 0.25) is 0 Å². The van der Waals surface area contributed by atoms with Gasteiger partial charge in [0.1, 0.15) is 24.2 Å². The number of aliphatic hydroxyl groups is 1. The first-order valence-electron chi connectivity index (χ1n) is 8.66. The van der Waals surface area contributed by atoms with Gasteiger partial charge in [0.25, 0.3) is 0 Å². The van der Waals surface area contributed by atoms with E-state index < -0.39 is 6.10 Å². The molecule has 0 bridgehead atoms. The summed E-state index contributed by atoms with van der Waals surface area (Å²) in [5.74, 6) is 1.40. The summed E-state index contributed by atoms with van der Waals surface area (Å²) in [6.45, 7) is 0.282. The Hall–Kier alpha value is -1.95. The number of nitrogens with one attached hydrogen (secondary N) is 2. The van der Waals surface area contributed by atoms with E-state index in [0.29, 0.717) is 5.75 Å². The van der Waals surface area contributed by atoms with Gasteiger partial charge in [0.15, 0.2) is 0 Å². The number of benzene rings is 1. The molecule has 0 saturated heterocycles. The first kappa shape index (κ1) is 18.4. The molecule has 2 rings (SSSR count). The zero-order chi connectivity index (χ0) is 17.2. The second-order valence-corrected chi connectivity index (χ2v) is 6.18. The maximum Gasteiger partial charge on any atom is 0.315 e. The highest BCUT2D eigenvalue weighted by Crippen LogP contribution is 2.17. The van der Waals surface area contributed by atoms with Crippen LogP contribution in [-0.4, -0.2) is 43.5 Å². The van der Waals surface area contributed by atoms with Crippen molar-refractivity contribution in [3.05, 3.63) is 24.3 Å². The van der Waals surface area contributed by atoms with E-state index >= 15 is 0 Å². The SMILES string of the molecule is COc1ccc(OCC(O)CNC(=O)NC2CCCCCC2)cc1. The molecule has 2 amide bonds. The molecule has 1 atom stereocenters. The summed E-state index contributed by atoms with van der Waals surface area (Å²) in [5, 5.41) is 15.6. The third kappa shape index (κ3) is 6.66. The summed E-state index contributed by atoms with van der Waals surface area (Å²) in [6, 6.07) is 7.17. The van der Waals surface area contributed by atoms with Crippen molar-refractivity contribution in [1.29, 1.82) is 0 Å². The summed E-state index contributed by atoms with van der Waals surface area (Å²) in [4.78, 5) is 11.9. The monoisotopic (exact) mass is 336 g/mol. The van der Waals surface area contributed by atoms with E-state index in [1.54, 1.807) is 31.4 Å². The number of rotatable bonds is 7. The lowest BCUT2D eigenvalue weighted by molar-refractivity contribution is 0.107. The number of carbonyl (C=O) groups excluding carboxylic acids is 1. The van der Waals surface area contributed by atoms with Crippen LogP contribution in [0.1, 0.15) is 38.5 Å². The first-order valence-corrected chi connectivity index (χ1v) is 8.66. The Morgan fingerprint density at radius 2 is 1.79 bits per heavy atom. The molecule has 6 heteroatoms. The van der Waals surface area contributed by atoms with Crippen molar-refractivity contribution in [2.75, 3.05) is 20.3 Å². The average Bonchev–Trinajstić information content (AvgIpc) is 2.87. The lowest BCUT2D eigenvalue weighted by atomic mass is 10.1. The normalized spacial score (nSPS) is 16.8. The van der Waals surface area contributed by atoms with Crippen LogP contribution in [0.15, 0.2) is 24.3 Å². The largest absolute Gasteiger partial charge is 0.497 e. The summed E-state index contributed by atoms with van der Waals surface area (Å²) < 4.78 is 10.6. The van der Waals surface area contributed by atoms with E-state index in [2.05, 4.69) is 10.6 Å². The minimum atomic E-state index is -0.757. The van der Waals surface area contributed by atoms with Crippen LogP contribution in [0.4, 0.5) is 4.79 Å². The molecule has 24 heavy (non-hydrogen) atoms. The van der Waals surface area contributed by atoms with Gasteiger partial charge in [0, 0.05) is 12.6 Å². The number of urea groups is 1. The molecule has 0 aromatic heterocycles. The molecular weight excluding hydrogens is 308 g/mol. The summed E-state index contributed by atoms with van der Waals surface area (Å²) >= 11 is 0. The number of amides is 2. The highest BCUT2D eigenvalue weighted by molar-refractivity contribution is 5.74. The molecule has 1 aromatic rings. The minimum Gasteiger partial charge on any atom is -0.497 e. The molecule has 0 radical (unpaired) electrons. The fraction of sp³-hybridized carbons (Fsp3) is 0.611. The molecule has 0 heterocycles. The Morgan fingerprint density at radius 1 is 1.17 bits per heavy atom.